The lowest BCUT2D eigenvalue weighted by Gasteiger charge is -2.28. The van der Waals surface area contributed by atoms with Gasteiger partial charge in [0.2, 0.25) is 5.75 Å². The molecule has 18 rings (SSSR count). The van der Waals surface area contributed by atoms with Gasteiger partial charge in [-0.2, -0.15) is 0 Å². The number of nitrogens with zero attached hydrogens (tertiary/aromatic N) is 15. The molecule has 0 unspecified atom stereocenters. The third kappa shape index (κ3) is 25.7. The van der Waals surface area contributed by atoms with Gasteiger partial charge in [0.1, 0.15) is 75.3 Å². The van der Waals surface area contributed by atoms with E-state index in [4.69, 9.17) is 65.6 Å². The Morgan fingerprint density at radius 3 is 1.09 bits per heavy atom. The van der Waals surface area contributed by atoms with Gasteiger partial charge >= 0.3 is 28.8 Å². The predicted molar refractivity (Wildman–Crippen MR) is 555 cm³/mol. The smallest absolute Gasteiger partial charge is 0.346 e. The fourth-order valence-corrected chi connectivity index (χ4v) is 19.1. The summed E-state index contributed by atoms with van der Waals surface area (Å²) in [5, 5.41) is 43.1. The van der Waals surface area contributed by atoms with Crippen molar-refractivity contribution in [1.29, 1.82) is 0 Å². The van der Waals surface area contributed by atoms with Crippen LogP contribution >= 0.6 is 34.0 Å². The van der Waals surface area contributed by atoms with Crippen LogP contribution in [0.5, 0.6) is 17.2 Å². The molecule has 0 fully saturated rings. The van der Waals surface area contributed by atoms with Crippen molar-refractivity contribution >= 4 is 132 Å². The van der Waals surface area contributed by atoms with Gasteiger partial charge in [0, 0.05) is 81.7 Å². The van der Waals surface area contributed by atoms with Gasteiger partial charge in [-0.15, -0.1) is 49.3 Å². The molecule has 9 heterocycles. The number of aromatic nitrogens is 12. The number of carbonyl (C=O) groups is 3. The molecule has 36 nitrogen and oxygen atoms in total. The van der Waals surface area contributed by atoms with Crippen molar-refractivity contribution < 1.29 is 80.1 Å². The van der Waals surface area contributed by atoms with Crippen LogP contribution < -0.4 is 51.1 Å². The summed E-state index contributed by atoms with van der Waals surface area (Å²) in [6.45, 7) is 17.7. The molecule has 1 amide bonds. The van der Waals surface area contributed by atoms with Crippen molar-refractivity contribution in [2.75, 3.05) is 114 Å². The highest BCUT2D eigenvalue weighted by Gasteiger charge is 2.26. The number of carboxylic acid groups (broad SMARTS) is 1. The average molecular weight is 2030 g/mol. The normalized spacial score (nSPS) is 11.7. The fourth-order valence-electron chi connectivity index (χ4n) is 16.2. The van der Waals surface area contributed by atoms with E-state index in [0.717, 1.165) is 81.0 Å². The summed E-state index contributed by atoms with van der Waals surface area (Å²) >= 11 is 4.35. The quantitative estimate of drug-likeness (QED) is 0.0203. The van der Waals surface area contributed by atoms with E-state index < -0.39 is 34.7 Å². The molecule has 0 aliphatic carbocycles. The second kappa shape index (κ2) is 47.9. The van der Waals surface area contributed by atoms with Crippen LogP contribution in [0, 0.1) is 0 Å². The molecule has 0 saturated heterocycles. The van der Waals surface area contributed by atoms with Crippen molar-refractivity contribution in [3.8, 4) is 49.0 Å². The van der Waals surface area contributed by atoms with Gasteiger partial charge in [0.05, 0.1) is 196 Å². The summed E-state index contributed by atoms with van der Waals surface area (Å²) in [6, 6.07) is 62.2. The van der Waals surface area contributed by atoms with Crippen LogP contribution in [0.1, 0.15) is 101 Å². The first-order valence-electron chi connectivity index (χ1n) is 47.8. The highest BCUT2D eigenvalue weighted by Crippen LogP contribution is 2.41. The zero-order valence-electron chi connectivity index (χ0n) is 81.0. The number of carboxylic acids is 1. The van der Waals surface area contributed by atoms with Gasteiger partial charge in [0.25, 0.3) is 5.91 Å². The second-order valence-electron chi connectivity index (χ2n) is 35.0. The number of ether oxygens (including phenoxy) is 10. The number of para-hydroxylation sites is 3. The summed E-state index contributed by atoms with van der Waals surface area (Å²) in [7, 11) is 0. The maximum absolute atomic E-state index is 14.5. The van der Waals surface area contributed by atoms with Crippen molar-refractivity contribution in [3.05, 3.63) is 301 Å². The Morgan fingerprint density at radius 1 is 0.384 bits per heavy atom. The highest BCUT2D eigenvalue weighted by molar-refractivity contribution is 7.22. The third-order valence-corrected chi connectivity index (χ3v) is 27.0. The first-order valence-corrected chi connectivity index (χ1v) is 50.3. The Kier molecular flexibility index (Phi) is 33.1. The van der Waals surface area contributed by atoms with Gasteiger partial charge in [0.15, 0.2) is 11.5 Å². The van der Waals surface area contributed by atoms with Crippen molar-refractivity contribution in [2.24, 2.45) is 0 Å². The minimum Gasteiger partial charge on any atom is -0.487 e. The van der Waals surface area contributed by atoms with Crippen LogP contribution in [0.3, 0.4) is 0 Å². The lowest BCUT2D eigenvalue weighted by molar-refractivity contribution is 0.0282. The predicted octanol–water partition coefficient (Wildman–Crippen LogP) is 17.2. The van der Waals surface area contributed by atoms with E-state index in [-0.39, 0.29) is 144 Å². The molecule has 18 aromatic rings. The van der Waals surface area contributed by atoms with Crippen molar-refractivity contribution in [1.82, 2.24) is 65.3 Å². The summed E-state index contributed by atoms with van der Waals surface area (Å²) in [5.74, 6) is -1.65. The molecular weight excluding hydrogens is 1930 g/mol. The monoisotopic (exact) mass is 2030 g/mol. The first-order chi connectivity index (χ1) is 71.1. The zero-order chi connectivity index (χ0) is 101. The van der Waals surface area contributed by atoms with E-state index in [9.17, 15) is 33.9 Å². The number of anilines is 3. The molecule has 0 atom stereocenters. The number of thiazole rings is 3. The maximum Gasteiger partial charge on any atom is 0.346 e. The third-order valence-electron chi connectivity index (χ3n) is 23.8. The molecular formula is C107H106N16O20S3. The molecule has 0 aliphatic heterocycles. The number of benzene rings is 9. The van der Waals surface area contributed by atoms with E-state index in [2.05, 4.69) is 102 Å². The number of carbonyl (C=O) groups excluding carboxylic acids is 2. The molecule has 9 aromatic carbocycles. The molecule has 146 heavy (non-hydrogen) atoms. The maximum atomic E-state index is 14.5. The minimum atomic E-state index is -1.07. The number of hydrogen-bond donors (Lipinski definition) is 2. The summed E-state index contributed by atoms with van der Waals surface area (Å²) in [5.41, 5.74) is 10.3. The molecule has 39 heteroatoms. The Morgan fingerprint density at radius 2 is 0.726 bits per heavy atom. The van der Waals surface area contributed by atoms with Gasteiger partial charge in [-0.3, -0.25) is 4.79 Å². The lowest BCUT2D eigenvalue weighted by Crippen LogP contribution is -2.30. The molecule has 752 valence electrons. The number of amides is 1. The van der Waals surface area contributed by atoms with Gasteiger partial charge in [-0.25, -0.2) is 53.0 Å². The van der Waals surface area contributed by atoms with E-state index >= 15 is 0 Å². The lowest BCUT2D eigenvalue weighted by atomic mass is 10.1. The summed E-state index contributed by atoms with van der Waals surface area (Å²) in [4.78, 5) is 99.8. The average Bonchev–Trinajstić information content (AvgIpc) is 1.51. The van der Waals surface area contributed by atoms with Crippen LogP contribution in [-0.4, -0.2) is 200 Å². The minimum absolute atomic E-state index is 0.00521. The number of hydrogen-bond acceptors (Lipinski definition) is 34. The summed E-state index contributed by atoms with van der Waals surface area (Å²) in [6.07, 6.45) is 5.63. The Hall–Kier alpha value is -15.3. The highest BCUT2D eigenvalue weighted by atomic mass is 32.1. The van der Waals surface area contributed by atoms with E-state index in [1.807, 2.05) is 164 Å². The standard InChI is InChI=1S/C107H106N16O20S3/c1-67(2)121(81-30-27-74-51-84(105(128)141-90(74)56-81)100-109-87-13-7-10-16-95(87)144-100)63-78-60-118(115-112-78)33-36-131-39-42-134-45-48-137-93-54-77(99(124)108-59-70-19-25-73(26-20-70)104(127)140-66-71-21-23-72(24-22-71)103(125)126)55-94(138-49-46-135-43-40-132-37-34-119-61-79(113-116-119)64-122(68(3)4)82-31-28-75-52-85(106(129)142-91(75)57-82)101-110-88-14-8-11-17-96(88)145-101)98(93)139-50-47-136-44-41-133-38-35-120-62-80(114-117-120)65-123(69(5)6)83-32-29-76-53-86(107(130)143-92(76)58-83)102-111-89-15-9-12-18-97(89)146-102/h7-32,51-58,60-62,67-69H,33-50,59,63-66H2,1-6H3,(H,108,124)(H,125,126). The number of nitrogens with one attached hydrogen (secondary N) is 1. The number of esters is 1. The Balaban J connectivity index is 0.491. The Labute approximate surface area is 848 Å². The molecule has 0 bridgehead atoms. The molecule has 9 aromatic heterocycles. The van der Waals surface area contributed by atoms with Gasteiger partial charge in [-0.1, -0.05) is 76.3 Å². The molecule has 0 aliphatic rings. The topological polar surface area (TPSA) is 407 Å². The van der Waals surface area contributed by atoms with Crippen LogP contribution in [0.2, 0.25) is 0 Å². The van der Waals surface area contributed by atoms with Crippen LogP contribution in [0.25, 0.3) is 95.3 Å². The largest absolute Gasteiger partial charge is 0.487 e. The van der Waals surface area contributed by atoms with Crippen LogP contribution in [0.4, 0.5) is 17.1 Å². The van der Waals surface area contributed by atoms with Crippen molar-refractivity contribution in [3.63, 3.8) is 0 Å². The number of rotatable bonds is 52. The molecule has 0 spiro atoms. The van der Waals surface area contributed by atoms with Crippen LogP contribution in [0.15, 0.2) is 252 Å². The van der Waals surface area contributed by atoms with E-state index in [0.29, 0.717) is 119 Å². The van der Waals surface area contributed by atoms with Gasteiger partial charge in [-0.05, 0) is 180 Å². The SMILES string of the molecule is CC(C)N(Cc1cn(CCOCCOCCOc2cc(C(=O)NCc3ccc(C(=O)OCc4ccc(C(=O)O)cc4)cc3)cc(OCCOCCOCCn3cc(CN(c4ccc5cc(-c6nc7ccccc7s6)c(=O)oc5c4)C(C)C)nn3)c2OCCOCCOCCn2cc(CN(c3ccc4cc(-c5nc6ccccc6s5)c(=O)oc4c3)C(C)C)nn2)nn1)c1ccc2cc(-c3nc4ccccc4s3)c(=O)oc2c1. The zero-order valence-corrected chi connectivity index (χ0v) is 83.4. The molecule has 0 saturated carbocycles. The second-order valence-corrected chi connectivity index (χ2v) is 38.1. The van der Waals surface area contributed by atoms with Gasteiger partial charge < -0.3 is 85.7 Å². The van der Waals surface area contributed by atoms with Crippen LogP contribution in [-0.2, 0) is 85.6 Å². The first kappa shape index (κ1) is 101. The molecule has 2 N–H and O–H groups in total. The molecule has 0 radical (unpaired) electrons. The van der Waals surface area contributed by atoms with E-state index in [1.54, 1.807) is 62.6 Å². The fraction of sp³-hybridized carbons (Fsp3) is 0.299. The summed E-state index contributed by atoms with van der Waals surface area (Å²) < 4.78 is 87.0. The van der Waals surface area contributed by atoms with Crippen molar-refractivity contribution in [2.45, 2.75) is 112 Å². The van der Waals surface area contributed by atoms with E-state index in [1.165, 1.54) is 46.1 Å². The number of fused-ring (bicyclic) bond motifs is 6. The number of aromatic carboxylic acids is 1. The Bertz CT molecular complexity index is 7420.